The lowest BCUT2D eigenvalue weighted by Gasteiger charge is -1.97. The molecular formula is C9H8FNS. The van der Waals surface area contributed by atoms with Crippen LogP contribution in [0.3, 0.4) is 0 Å². The lowest BCUT2D eigenvalue weighted by atomic mass is 10.2. The van der Waals surface area contributed by atoms with Crippen molar-refractivity contribution in [2.45, 2.75) is 6.42 Å². The van der Waals surface area contributed by atoms with Gasteiger partial charge in [-0.05, 0) is 35.9 Å². The molecule has 3 heteroatoms. The van der Waals surface area contributed by atoms with Crippen molar-refractivity contribution < 1.29 is 4.39 Å². The van der Waals surface area contributed by atoms with Crippen LogP contribution >= 0.6 is 11.8 Å². The van der Waals surface area contributed by atoms with E-state index in [1.54, 1.807) is 6.07 Å². The summed E-state index contributed by atoms with van der Waals surface area (Å²) in [6.07, 6.45) is 0.746. The van der Waals surface area contributed by atoms with Crippen LogP contribution < -0.4 is 0 Å². The van der Waals surface area contributed by atoms with Gasteiger partial charge < -0.3 is 0 Å². The third kappa shape index (κ3) is 2.93. The summed E-state index contributed by atoms with van der Waals surface area (Å²) >= 11 is 1.19. The first-order chi connectivity index (χ1) is 5.83. The topological polar surface area (TPSA) is 23.8 Å². The molecule has 0 aliphatic rings. The van der Waals surface area contributed by atoms with E-state index < -0.39 is 0 Å². The molecule has 0 saturated heterocycles. The number of hydrogen-bond acceptors (Lipinski definition) is 2. The predicted molar refractivity (Wildman–Crippen MR) is 48.2 cm³/mol. The summed E-state index contributed by atoms with van der Waals surface area (Å²) in [5.74, 6) is 0.509. The van der Waals surface area contributed by atoms with Crippen LogP contribution in [0.5, 0.6) is 0 Å². The molecule has 1 rings (SSSR count). The average molecular weight is 181 g/mol. The van der Waals surface area contributed by atoms with E-state index in [2.05, 4.69) is 0 Å². The Labute approximate surface area is 75.2 Å². The number of thiocyanates is 1. The lowest BCUT2D eigenvalue weighted by Crippen LogP contribution is -1.87. The van der Waals surface area contributed by atoms with Crippen LogP contribution in [0.2, 0.25) is 0 Å². The third-order valence-electron chi connectivity index (χ3n) is 1.45. The van der Waals surface area contributed by atoms with Gasteiger partial charge in [-0.25, -0.2) is 4.39 Å². The van der Waals surface area contributed by atoms with E-state index in [0.29, 0.717) is 0 Å². The molecule has 0 radical (unpaired) electrons. The fourth-order valence-electron chi connectivity index (χ4n) is 0.907. The fourth-order valence-corrected chi connectivity index (χ4v) is 1.34. The summed E-state index contributed by atoms with van der Waals surface area (Å²) in [7, 11) is 0. The maximum atomic E-state index is 12.6. The van der Waals surface area contributed by atoms with Crippen molar-refractivity contribution in [2.75, 3.05) is 5.75 Å². The molecule has 0 aromatic heterocycles. The highest BCUT2D eigenvalue weighted by Gasteiger charge is 1.94. The molecule has 1 aromatic rings. The Kier molecular flexibility index (Phi) is 3.62. The van der Waals surface area contributed by atoms with Crippen LogP contribution in [0.25, 0.3) is 0 Å². The minimum atomic E-state index is -0.213. The molecule has 0 unspecified atom stereocenters. The molecule has 1 nitrogen and oxygen atoms in total. The molecule has 0 aliphatic heterocycles. The largest absolute Gasteiger partial charge is 0.207 e. The first kappa shape index (κ1) is 9.08. The second-order valence-electron chi connectivity index (χ2n) is 2.32. The zero-order chi connectivity index (χ0) is 8.81. The van der Waals surface area contributed by atoms with Gasteiger partial charge in [0.15, 0.2) is 0 Å². The SMILES string of the molecule is N#CSCCc1cccc(F)c1. The molecule has 62 valence electrons. The smallest absolute Gasteiger partial charge is 0.133 e. The van der Waals surface area contributed by atoms with Crippen LogP contribution in [-0.4, -0.2) is 5.75 Å². The number of benzene rings is 1. The summed E-state index contributed by atoms with van der Waals surface area (Å²) in [5, 5.41) is 10.2. The predicted octanol–water partition coefficient (Wildman–Crippen LogP) is 2.58. The molecule has 12 heavy (non-hydrogen) atoms. The Hall–Kier alpha value is -1.01. The van der Waals surface area contributed by atoms with E-state index in [0.717, 1.165) is 17.7 Å². The number of hydrogen-bond donors (Lipinski definition) is 0. The first-order valence-corrected chi connectivity index (χ1v) is 4.57. The van der Waals surface area contributed by atoms with Crippen LogP contribution in [0.15, 0.2) is 24.3 Å². The average Bonchev–Trinajstić information content (AvgIpc) is 2.05. The zero-order valence-corrected chi connectivity index (χ0v) is 7.27. The second kappa shape index (κ2) is 4.78. The number of aryl methyl sites for hydroxylation is 1. The Morgan fingerprint density at radius 1 is 1.50 bits per heavy atom. The quantitative estimate of drug-likeness (QED) is 0.528. The molecule has 0 bridgehead atoms. The van der Waals surface area contributed by atoms with Crippen molar-refractivity contribution >= 4 is 11.8 Å². The zero-order valence-electron chi connectivity index (χ0n) is 6.46. The molecule has 0 aliphatic carbocycles. The van der Waals surface area contributed by atoms with Gasteiger partial charge >= 0.3 is 0 Å². The van der Waals surface area contributed by atoms with Gasteiger partial charge in [0.2, 0.25) is 0 Å². The molecule has 0 atom stereocenters. The standard InChI is InChI=1S/C9H8FNS/c10-9-3-1-2-8(6-9)4-5-12-7-11/h1-3,6H,4-5H2. The van der Waals surface area contributed by atoms with E-state index in [4.69, 9.17) is 5.26 Å². The molecular weight excluding hydrogens is 173 g/mol. The Balaban J connectivity index is 2.48. The van der Waals surface area contributed by atoms with Gasteiger partial charge in [0, 0.05) is 5.75 Å². The van der Waals surface area contributed by atoms with Crippen molar-refractivity contribution in [3.8, 4) is 5.40 Å². The lowest BCUT2D eigenvalue weighted by molar-refractivity contribution is 0.626. The summed E-state index contributed by atoms with van der Waals surface area (Å²) in [6, 6.07) is 6.46. The highest BCUT2D eigenvalue weighted by atomic mass is 32.2. The maximum absolute atomic E-state index is 12.6. The molecule has 1 aromatic carbocycles. The van der Waals surface area contributed by atoms with Gasteiger partial charge in [0.05, 0.1) is 0 Å². The molecule has 0 fully saturated rings. The van der Waals surface area contributed by atoms with Crippen molar-refractivity contribution in [3.05, 3.63) is 35.6 Å². The van der Waals surface area contributed by atoms with Crippen molar-refractivity contribution in [1.29, 1.82) is 5.26 Å². The van der Waals surface area contributed by atoms with Gasteiger partial charge in [-0.15, -0.1) is 0 Å². The minimum Gasteiger partial charge on any atom is -0.207 e. The van der Waals surface area contributed by atoms with Gasteiger partial charge in [-0.1, -0.05) is 12.1 Å². The number of thioether (sulfide) groups is 1. The number of rotatable bonds is 3. The monoisotopic (exact) mass is 181 g/mol. The van der Waals surface area contributed by atoms with Crippen molar-refractivity contribution in [1.82, 2.24) is 0 Å². The molecule has 0 heterocycles. The number of nitriles is 1. The summed E-state index contributed by atoms with van der Waals surface area (Å²) in [5.41, 5.74) is 0.942. The van der Waals surface area contributed by atoms with E-state index in [1.807, 2.05) is 11.5 Å². The maximum Gasteiger partial charge on any atom is 0.133 e. The highest BCUT2D eigenvalue weighted by molar-refractivity contribution is 8.03. The van der Waals surface area contributed by atoms with E-state index in [9.17, 15) is 4.39 Å². The molecule has 0 N–H and O–H groups in total. The van der Waals surface area contributed by atoms with E-state index >= 15 is 0 Å². The van der Waals surface area contributed by atoms with Crippen LogP contribution in [0.4, 0.5) is 4.39 Å². The van der Waals surface area contributed by atoms with Gasteiger partial charge in [-0.2, -0.15) is 5.26 Å². The summed E-state index contributed by atoms with van der Waals surface area (Å²) in [4.78, 5) is 0. The molecule has 0 saturated carbocycles. The Bertz CT molecular complexity index is 293. The minimum absolute atomic E-state index is 0.213. The van der Waals surface area contributed by atoms with Gasteiger partial charge in [0.25, 0.3) is 0 Å². The van der Waals surface area contributed by atoms with E-state index in [-0.39, 0.29) is 5.82 Å². The normalized spacial score (nSPS) is 9.33. The van der Waals surface area contributed by atoms with Gasteiger partial charge in [-0.3, -0.25) is 0 Å². The molecule has 0 amide bonds. The van der Waals surface area contributed by atoms with Crippen LogP contribution in [0, 0.1) is 16.5 Å². The Morgan fingerprint density at radius 3 is 3.00 bits per heavy atom. The Morgan fingerprint density at radius 2 is 2.33 bits per heavy atom. The number of halogens is 1. The van der Waals surface area contributed by atoms with Crippen LogP contribution in [-0.2, 0) is 6.42 Å². The summed E-state index contributed by atoms with van der Waals surface area (Å²) < 4.78 is 12.6. The second-order valence-corrected chi connectivity index (χ2v) is 3.20. The first-order valence-electron chi connectivity index (χ1n) is 3.58. The van der Waals surface area contributed by atoms with E-state index in [1.165, 1.54) is 23.9 Å². The van der Waals surface area contributed by atoms with Gasteiger partial charge in [0.1, 0.15) is 11.2 Å². The van der Waals surface area contributed by atoms with Crippen molar-refractivity contribution in [3.63, 3.8) is 0 Å². The number of nitrogens with zero attached hydrogens (tertiary/aromatic N) is 1. The highest BCUT2D eigenvalue weighted by Crippen LogP contribution is 2.07. The van der Waals surface area contributed by atoms with Crippen molar-refractivity contribution in [2.24, 2.45) is 0 Å². The summed E-state index contributed by atoms with van der Waals surface area (Å²) in [6.45, 7) is 0. The fraction of sp³-hybridized carbons (Fsp3) is 0.222. The molecule has 0 spiro atoms. The third-order valence-corrected chi connectivity index (χ3v) is 1.98. The van der Waals surface area contributed by atoms with Crippen LogP contribution in [0.1, 0.15) is 5.56 Å².